The van der Waals surface area contributed by atoms with E-state index in [4.69, 9.17) is 24.9 Å². The van der Waals surface area contributed by atoms with Crippen LogP contribution in [0, 0.1) is 18.6 Å². The Hall–Kier alpha value is -6.23. The number of likely N-dealkylation sites (N-methyl/N-ethyl adjacent to an activating group) is 1. The van der Waals surface area contributed by atoms with Gasteiger partial charge in [-0.2, -0.15) is 5.10 Å². The lowest BCUT2D eigenvalue weighted by Crippen LogP contribution is -2.47. The van der Waals surface area contributed by atoms with E-state index < -0.39 is 35.8 Å². The highest BCUT2D eigenvalue weighted by molar-refractivity contribution is 5.97. The van der Waals surface area contributed by atoms with Crippen molar-refractivity contribution in [2.75, 3.05) is 39.3 Å². The first-order valence-corrected chi connectivity index (χ1v) is 16.8. The first-order chi connectivity index (χ1) is 25.5. The van der Waals surface area contributed by atoms with Gasteiger partial charge in [0.1, 0.15) is 46.9 Å². The molecule has 4 bridgehead atoms. The largest absolute Gasteiger partial charge is 0.494 e. The molecule has 0 radical (unpaired) electrons. The van der Waals surface area contributed by atoms with Crippen molar-refractivity contribution in [3.63, 3.8) is 0 Å². The predicted octanol–water partition coefficient (Wildman–Crippen LogP) is 3.43. The molecule has 17 heteroatoms. The minimum atomic E-state index is -0.905. The number of carbonyl (C=O) groups excluding carboxylic acids is 2. The van der Waals surface area contributed by atoms with Crippen LogP contribution in [-0.4, -0.2) is 104 Å². The third-order valence-corrected chi connectivity index (χ3v) is 9.68. The Morgan fingerprint density at radius 3 is 2.60 bits per heavy atom. The molecule has 2 N–H and O–H groups in total. The number of nitrogens with two attached hydrogens (primary N) is 1. The summed E-state index contributed by atoms with van der Waals surface area (Å²) in [6.07, 6.45) is 0.649. The highest BCUT2D eigenvalue weighted by Crippen LogP contribution is 2.36. The second kappa shape index (κ2) is 13.1. The molecule has 2 amide bonds. The summed E-state index contributed by atoms with van der Waals surface area (Å²) in [5.74, 6) is -1.16. The van der Waals surface area contributed by atoms with E-state index in [1.165, 1.54) is 48.3 Å². The number of methoxy groups -OCH3 is 2. The molecule has 0 aliphatic carbocycles. The Balaban J connectivity index is 1.26. The van der Waals surface area contributed by atoms with Crippen molar-refractivity contribution >= 4 is 39.7 Å². The summed E-state index contributed by atoms with van der Waals surface area (Å²) in [7, 11) is 4.65. The molecule has 272 valence electrons. The van der Waals surface area contributed by atoms with Gasteiger partial charge in [-0.25, -0.2) is 33.4 Å². The van der Waals surface area contributed by atoms with E-state index in [1.807, 2.05) is 11.5 Å². The SMILES string of the molecule is COc1cc(F)ccc1-n1ncc2c(N3C[C@@H]4C[C@H]3C(=O)N(C)CC(OC)Cn3c(C)nc5cc(F)cc(c53)-c3cccc(n3)O4)nc(C(N)=O)nc21. The van der Waals surface area contributed by atoms with Crippen LogP contribution in [-0.2, 0) is 16.1 Å². The van der Waals surface area contributed by atoms with Crippen LogP contribution in [0.25, 0.3) is 39.0 Å². The Labute approximate surface area is 300 Å². The zero-order valence-corrected chi connectivity index (χ0v) is 29.2. The number of primary amides is 1. The summed E-state index contributed by atoms with van der Waals surface area (Å²) in [6, 6.07) is 11.1. The molecule has 4 aromatic heterocycles. The highest BCUT2D eigenvalue weighted by Gasteiger charge is 2.42. The Kier molecular flexibility index (Phi) is 8.36. The minimum Gasteiger partial charge on any atom is -0.494 e. The lowest BCUT2D eigenvalue weighted by molar-refractivity contribution is -0.133. The van der Waals surface area contributed by atoms with E-state index in [1.54, 1.807) is 42.2 Å². The van der Waals surface area contributed by atoms with Crippen LogP contribution in [0.3, 0.4) is 0 Å². The summed E-state index contributed by atoms with van der Waals surface area (Å²) >= 11 is 0. The van der Waals surface area contributed by atoms with Gasteiger partial charge in [0, 0.05) is 50.9 Å². The monoisotopic (exact) mass is 724 g/mol. The summed E-state index contributed by atoms with van der Waals surface area (Å²) in [6.45, 7) is 2.48. The standard InChI is InChI=1S/C36H34F2N10O5/c1-18-41-26-11-20(38)10-23-25-6-5-7-30(42-25)53-21-13-28(36(50)45(2)15-22(51-3)17-46(18)31(23)26)47(16-21)34-24-14-40-48(35(24)44-33(43-34)32(39)49)27-9-8-19(37)12-29(27)52-4/h5-12,14,21-22,28H,13,15-17H2,1-4H3,(H2,39,49)/t21-,22?,28-/m0/s1. The molecule has 2 aromatic carbocycles. The third-order valence-electron chi connectivity index (χ3n) is 9.68. The molecule has 2 aliphatic rings. The number of hydrogen-bond acceptors (Lipinski definition) is 11. The van der Waals surface area contributed by atoms with Gasteiger partial charge in [0.05, 0.1) is 54.6 Å². The number of aryl methyl sites for hydroxylation is 1. The molecule has 1 unspecified atom stereocenters. The Morgan fingerprint density at radius 1 is 1.00 bits per heavy atom. The number of imidazole rings is 1. The second-order valence-corrected chi connectivity index (χ2v) is 13.0. The van der Waals surface area contributed by atoms with E-state index in [2.05, 4.69) is 20.1 Å². The number of aromatic nitrogens is 7. The zero-order chi connectivity index (χ0) is 37.1. The fraction of sp³-hybridized carbons (Fsp3) is 0.306. The summed E-state index contributed by atoms with van der Waals surface area (Å²) in [4.78, 5) is 48.8. The number of rotatable bonds is 5. The predicted molar refractivity (Wildman–Crippen MR) is 188 cm³/mol. The fourth-order valence-electron chi connectivity index (χ4n) is 7.21. The van der Waals surface area contributed by atoms with Gasteiger partial charge in [0.25, 0.3) is 5.91 Å². The van der Waals surface area contributed by atoms with Crippen LogP contribution in [0.15, 0.2) is 54.7 Å². The maximum Gasteiger partial charge on any atom is 0.286 e. The smallest absolute Gasteiger partial charge is 0.286 e. The number of ether oxygens (including phenoxy) is 3. The molecule has 6 heterocycles. The molecule has 2 aliphatic heterocycles. The van der Waals surface area contributed by atoms with E-state index in [9.17, 15) is 18.4 Å². The molecule has 1 fully saturated rings. The van der Waals surface area contributed by atoms with Crippen molar-refractivity contribution in [1.82, 2.24) is 39.2 Å². The number of fused-ring (bicyclic) bond motifs is 6. The van der Waals surface area contributed by atoms with Crippen LogP contribution < -0.4 is 20.1 Å². The van der Waals surface area contributed by atoms with Crippen LogP contribution in [0.4, 0.5) is 14.6 Å². The topological polar surface area (TPSA) is 169 Å². The van der Waals surface area contributed by atoms with Crippen LogP contribution in [0.1, 0.15) is 22.9 Å². The van der Waals surface area contributed by atoms with Crippen molar-refractivity contribution in [2.45, 2.75) is 38.1 Å². The first-order valence-electron chi connectivity index (χ1n) is 16.8. The molecule has 0 spiro atoms. The van der Waals surface area contributed by atoms with Gasteiger partial charge in [0.2, 0.25) is 17.6 Å². The van der Waals surface area contributed by atoms with Crippen LogP contribution in [0.2, 0.25) is 0 Å². The van der Waals surface area contributed by atoms with Gasteiger partial charge in [-0.05, 0) is 31.2 Å². The maximum absolute atomic E-state index is 15.0. The summed E-state index contributed by atoms with van der Waals surface area (Å²) in [5.41, 5.74) is 8.42. The highest BCUT2D eigenvalue weighted by atomic mass is 19.1. The second-order valence-electron chi connectivity index (χ2n) is 13.0. The molecule has 1 saturated heterocycles. The van der Waals surface area contributed by atoms with E-state index >= 15 is 0 Å². The summed E-state index contributed by atoms with van der Waals surface area (Å²) in [5, 5.41) is 4.90. The molecule has 8 rings (SSSR count). The zero-order valence-electron chi connectivity index (χ0n) is 29.2. The average molecular weight is 725 g/mol. The van der Waals surface area contributed by atoms with Gasteiger partial charge < -0.3 is 34.3 Å². The number of hydrogen-bond donors (Lipinski definition) is 1. The average Bonchev–Trinajstić information content (AvgIpc) is 3.84. The fourth-order valence-corrected chi connectivity index (χ4v) is 7.21. The normalized spacial score (nSPS) is 19.0. The van der Waals surface area contributed by atoms with Gasteiger partial charge in [-0.1, -0.05) is 6.07 Å². The number of carbonyl (C=O) groups is 2. The molecular formula is C36H34F2N10O5. The van der Waals surface area contributed by atoms with Crippen molar-refractivity contribution in [1.29, 1.82) is 0 Å². The summed E-state index contributed by atoms with van der Waals surface area (Å²) < 4.78 is 50.2. The lowest BCUT2D eigenvalue weighted by atomic mass is 10.1. The van der Waals surface area contributed by atoms with Crippen molar-refractivity contribution in [3.8, 4) is 28.6 Å². The van der Waals surface area contributed by atoms with E-state index in [-0.39, 0.29) is 54.3 Å². The molecule has 0 saturated carbocycles. The number of pyridine rings is 1. The molecule has 3 atom stereocenters. The Morgan fingerprint density at radius 2 is 1.83 bits per heavy atom. The molecule has 15 nitrogen and oxygen atoms in total. The molecule has 53 heavy (non-hydrogen) atoms. The minimum absolute atomic E-state index is 0.148. The number of halogens is 2. The van der Waals surface area contributed by atoms with Gasteiger partial charge in [0.15, 0.2) is 5.65 Å². The van der Waals surface area contributed by atoms with Crippen molar-refractivity contribution < 1.29 is 32.6 Å². The van der Waals surface area contributed by atoms with Crippen LogP contribution >= 0.6 is 0 Å². The number of benzene rings is 2. The van der Waals surface area contributed by atoms with E-state index in [0.29, 0.717) is 45.7 Å². The van der Waals surface area contributed by atoms with E-state index in [0.717, 1.165) is 0 Å². The van der Waals surface area contributed by atoms with Gasteiger partial charge in [-0.3, -0.25) is 9.59 Å². The molecule has 6 aromatic rings. The van der Waals surface area contributed by atoms with Crippen molar-refractivity contribution in [2.24, 2.45) is 5.73 Å². The van der Waals surface area contributed by atoms with Crippen molar-refractivity contribution in [3.05, 3.63) is 78.0 Å². The third kappa shape index (κ3) is 5.91. The quantitative estimate of drug-likeness (QED) is 0.277. The van der Waals surface area contributed by atoms with Gasteiger partial charge in [-0.15, -0.1) is 0 Å². The van der Waals surface area contributed by atoms with Crippen LogP contribution in [0.5, 0.6) is 11.6 Å². The molecular weight excluding hydrogens is 690 g/mol. The number of amides is 2. The maximum atomic E-state index is 15.0. The number of nitrogens with zero attached hydrogens (tertiary/aromatic N) is 9. The van der Waals surface area contributed by atoms with Gasteiger partial charge >= 0.3 is 0 Å². The Bertz CT molecular complexity index is 2430. The lowest BCUT2D eigenvalue weighted by Gasteiger charge is -2.30. The first kappa shape index (κ1) is 33.9. The number of anilines is 1.